The SMILES string of the molecule is CCN(CC)c1ccc(C(=O)OCc2nc3sc4c(c3c(=O)[nH]2)CCC4)cc1. The summed E-state index contributed by atoms with van der Waals surface area (Å²) in [4.78, 5) is 36.3. The van der Waals surface area contributed by atoms with E-state index in [4.69, 9.17) is 4.74 Å². The van der Waals surface area contributed by atoms with E-state index in [1.54, 1.807) is 23.5 Å². The number of hydrogen-bond donors (Lipinski definition) is 1. The van der Waals surface area contributed by atoms with Gasteiger partial charge in [-0.15, -0.1) is 11.3 Å². The van der Waals surface area contributed by atoms with Crippen molar-refractivity contribution in [2.24, 2.45) is 0 Å². The lowest BCUT2D eigenvalue weighted by atomic mass is 10.2. The van der Waals surface area contributed by atoms with E-state index in [1.165, 1.54) is 4.88 Å². The molecule has 0 saturated heterocycles. The van der Waals surface area contributed by atoms with Gasteiger partial charge >= 0.3 is 5.97 Å². The molecule has 0 bridgehead atoms. The quantitative estimate of drug-likeness (QED) is 0.642. The zero-order valence-corrected chi connectivity index (χ0v) is 16.9. The predicted molar refractivity (Wildman–Crippen MR) is 111 cm³/mol. The molecule has 0 spiro atoms. The van der Waals surface area contributed by atoms with Crippen molar-refractivity contribution in [1.29, 1.82) is 0 Å². The lowest BCUT2D eigenvalue weighted by molar-refractivity contribution is 0.0462. The van der Waals surface area contributed by atoms with E-state index in [2.05, 4.69) is 28.7 Å². The molecule has 0 saturated carbocycles. The standard InChI is InChI=1S/C21H23N3O3S/c1-3-24(4-2)14-10-8-13(9-11-14)21(26)27-12-17-22-19(25)18-15-6-5-7-16(15)28-20(18)23-17/h8-11H,3-7,12H2,1-2H3,(H,22,23,25). The Morgan fingerprint density at radius 2 is 1.96 bits per heavy atom. The van der Waals surface area contributed by atoms with Crippen molar-refractivity contribution in [2.45, 2.75) is 39.7 Å². The number of nitrogens with one attached hydrogen (secondary N) is 1. The summed E-state index contributed by atoms with van der Waals surface area (Å²) >= 11 is 1.58. The number of anilines is 1. The summed E-state index contributed by atoms with van der Waals surface area (Å²) in [7, 11) is 0. The third kappa shape index (κ3) is 3.42. The smallest absolute Gasteiger partial charge is 0.338 e. The van der Waals surface area contributed by atoms with Gasteiger partial charge in [-0.25, -0.2) is 9.78 Å². The highest BCUT2D eigenvalue weighted by molar-refractivity contribution is 7.18. The Morgan fingerprint density at radius 3 is 2.68 bits per heavy atom. The molecule has 1 aromatic carbocycles. The van der Waals surface area contributed by atoms with Gasteiger partial charge in [-0.05, 0) is 62.9 Å². The molecule has 0 atom stereocenters. The molecular weight excluding hydrogens is 374 g/mol. The minimum absolute atomic E-state index is 0.0512. The Hall–Kier alpha value is -2.67. The largest absolute Gasteiger partial charge is 0.454 e. The van der Waals surface area contributed by atoms with Crippen LogP contribution in [-0.2, 0) is 24.2 Å². The van der Waals surface area contributed by atoms with Gasteiger partial charge in [0.15, 0.2) is 0 Å². The van der Waals surface area contributed by atoms with E-state index in [0.717, 1.165) is 48.4 Å². The lowest BCUT2D eigenvalue weighted by Crippen LogP contribution is -2.21. The van der Waals surface area contributed by atoms with Gasteiger partial charge in [-0.2, -0.15) is 0 Å². The summed E-state index contributed by atoms with van der Waals surface area (Å²) in [6.07, 6.45) is 3.06. The summed E-state index contributed by atoms with van der Waals surface area (Å²) in [6.45, 7) is 5.96. The fourth-order valence-corrected chi connectivity index (χ4v) is 5.01. The number of nitrogens with zero attached hydrogens (tertiary/aromatic N) is 2. The number of carbonyl (C=O) groups is 1. The van der Waals surface area contributed by atoms with Crippen molar-refractivity contribution in [1.82, 2.24) is 9.97 Å². The van der Waals surface area contributed by atoms with Gasteiger partial charge in [0.25, 0.3) is 5.56 Å². The van der Waals surface area contributed by atoms with Crippen LogP contribution in [0.4, 0.5) is 5.69 Å². The van der Waals surface area contributed by atoms with E-state index in [9.17, 15) is 9.59 Å². The van der Waals surface area contributed by atoms with Gasteiger partial charge in [0.1, 0.15) is 17.3 Å². The number of hydrogen-bond acceptors (Lipinski definition) is 6. The number of benzene rings is 1. The topological polar surface area (TPSA) is 75.3 Å². The molecule has 2 heterocycles. The first-order valence-corrected chi connectivity index (χ1v) is 10.5. The van der Waals surface area contributed by atoms with Crippen LogP contribution < -0.4 is 10.5 Å². The van der Waals surface area contributed by atoms with Crippen molar-refractivity contribution in [3.05, 3.63) is 56.4 Å². The van der Waals surface area contributed by atoms with Crippen molar-refractivity contribution >= 4 is 33.2 Å². The average Bonchev–Trinajstić information content (AvgIpc) is 3.28. The monoisotopic (exact) mass is 397 g/mol. The summed E-state index contributed by atoms with van der Waals surface area (Å²) in [6, 6.07) is 7.37. The molecule has 6 nitrogen and oxygen atoms in total. The highest BCUT2D eigenvalue weighted by Crippen LogP contribution is 2.34. The van der Waals surface area contributed by atoms with Crippen molar-refractivity contribution in [2.75, 3.05) is 18.0 Å². The molecule has 1 N–H and O–H groups in total. The van der Waals surface area contributed by atoms with Gasteiger partial charge in [0.2, 0.25) is 0 Å². The fraction of sp³-hybridized carbons (Fsp3) is 0.381. The first-order valence-electron chi connectivity index (χ1n) is 9.66. The third-order valence-corrected chi connectivity index (χ3v) is 6.38. The van der Waals surface area contributed by atoms with Crippen LogP contribution in [0.15, 0.2) is 29.1 Å². The van der Waals surface area contributed by atoms with E-state index in [-0.39, 0.29) is 12.2 Å². The number of fused-ring (bicyclic) bond motifs is 3. The van der Waals surface area contributed by atoms with Crippen LogP contribution in [0, 0.1) is 0 Å². The Balaban J connectivity index is 1.47. The molecule has 28 heavy (non-hydrogen) atoms. The molecule has 3 aromatic rings. The molecule has 2 aromatic heterocycles. The minimum atomic E-state index is -0.428. The summed E-state index contributed by atoms with van der Waals surface area (Å²) in [5.74, 6) is -0.0481. The maximum atomic E-state index is 12.5. The van der Waals surface area contributed by atoms with Crippen molar-refractivity contribution < 1.29 is 9.53 Å². The molecular formula is C21H23N3O3S. The van der Waals surface area contributed by atoms with Gasteiger partial charge in [0, 0.05) is 23.7 Å². The van der Waals surface area contributed by atoms with Gasteiger partial charge in [0.05, 0.1) is 10.9 Å². The Bertz CT molecular complexity index is 1060. The molecule has 1 aliphatic carbocycles. The molecule has 0 fully saturated rings. The lowest BCUT2D eigenvalue weighted by Gasteiger charge is -2.20. The third-order valence-electron chi connectivity index (χ3n) is 5.20. The minimum Gasteiger partial charge on any atom is -0.454 e. The predicted octanol–water partition coefficient (Wildman–Crippen LogP) is 3.68. The molecule has 146 valence electrons. The Morgan fingerprint density at radius 1 is 1.21 bits per heavy atom. The van der Waals surface area contributed by atoms with E-state index in [1.807, 2.05) is 12.1 Å². The molecule has 0 unspecified atom stereocenters. The van der Waals surface area contributed by atoms with E-state index < -0.39 is 5.97 Å². The van der Waals surface area contributed by atoms with E-state index in [0.29, 0.717) is 16.8 Å². The number of aromatic amines is 1. The normalized spacial score (nSPS) is 12.9. The highest BCUT2D eigenvalue weighted by Gasteiger charge is 2.21. The Kier molecular flexibility index (Phi) is 5.17. The van der Waals surface area contributed by atoms with Crippen LogP contribution in [0.25, 0.3) is 10.2 Å². The van der Waals surface area contributed by atoms with Crippen molar-refractivity contribution in [3.8, 4) is 0 Å². The number of H-pyrrole nitrogens is 1. The maximum absolute atomic E-state index is 12.5. The first kappa shape index (κ1) is 18.7. The second-order valence-electron chi connectivity index (χ2n) is 6.85. The number of esters is 1. The molecule has 4 rings (SSSR count). The van der Waals surface area contributed by atoms with Gasteiger partial charge in [-0.3, -0.25) is 4.79 Å². The first-order chi connectivity index (χ1) is 13.6. The summed E-state index contributed by atoms with van der Waals surface area (Å²) in [5.41, 5.74) is 2.56. The summed E-state index contributed by atoms with van der Waals surface area (Å²) in [5, 5.41) is 0.708. The average molecular weight is 398 g/mol. The zero-order chi connectivity index (χ0) is 19.7. The molecule has 7 heteroatoms. The van der Waals surface area contributed by atoms with E-state index >= 15 is 0 Å². The number of carbonyl (C=O) groups excluding carboxylic acids is 1. The second kappa shape index (κ2) is 7.75. The van der Waals surface area contributed by atoms with Crippen LogP contribution >= 0.6 is 11.3 Å². The van der Waals surface area contributed by atoms with Crippen LogP contribution in [0.3, 0.4) is 0 Å². The number of rotatable bonds is 6. The van der Waals surface area contributed by atoms with Crippen LogP contribution in [-0.4, -0.2) is 29.0 Å². The number of aryl methyl sites for hydroxylation is 2. The maximum Gasteiger partial charge on any atom is 0.338 e. The zero-order valence-electron chi connectivity index (χ0n) is 16.1. The number of ether oxygens (including phenoxy) is 1. The molecule has 0 radical (unpaired) electrons. The van der Waals surface area contributed by atoms with Crippen molar-refractivity contribution in [3.63, 3.8) is 0 Å². The fourth-order valence-electron chi connectivity index (χ4n) is 3.73. The molecule has 0 amide bonds. The molecule has 0 aliphatic heterocycles. The van der Waals surface area contributed by atoms with Crippen LogP contribution in [0.2, 0.25) is 0 Å². The Labute approximate surface area is 167 Å². The number of aromatic nitrogens is 2. The highest BCUT2D eigenvalue weighted by atomic mass is 32.1. The van der Waals surface area contributed by atoms with Gasteiger partial charge < -0.3 is 14.6 Å². The van der Waals surface area contributed by atoms with Crippen LogP contribution in [0.5, 0.6) is 0 Å². The number of thiophene rings is 1. The molecule has 1 aliphatic rings. The summed E-state index contributed by atoms with van der Waals surface area (Å²) < 4.78 is 5.37. The second-order valence-corrected chi connectivity index (χ2v) is 7.93. The van der Waals surface area contributed by atoms with Crippen LogP contribution in [0.1, 0.15) is 46.9 Å². The van der Waals surface area contributed by atoms with Gasteiger partial charge in [-0.1, -0.05) is 0 Å².